The van der Waals surface area contributed by atoms with Gasteiger partial charge in [0.05, 0.1) is 0 Å². The van der Waals surface area contributed by atoms with Crippen LogP contribution >= 0.6 is 0 Å². The van der Waals surface area contributed by atoms with Gasteiger partial charge in [-0.05, 0) is 36.6 Å². The van der Waals surface area contributed by atoms with E-state index in [1.807, 2.05) is 6.92 Å². The van der Waals surface area contributed by atoms with Crippen LogP contribution in [0.15, 0.2) is 12.1 Å². The lowest BCUT2D eigenvalue weighted by Gasteiger charge is -2.10. The maximum Gasteiger partial charge on any atom is 0.161 e. The lowest BCUT2D eigenvalue weighted by Crippen LogP contribution is -2.09. The molecule has 0 saturated carbocycles. The van der Waals surface area contributed by atoms with Gasteiger partial charge in [-0.25, -0.2) is 8.78 Å². The third kappa shape index (κ3) is 2.04. The van der Waals surface area contributed by atoms with Gasteiger partial charge in [0, 0.05) is 0 Å². The summed E-state index contributed by atoms with van der Waals surface area (Å²) in [5.41, 5.74) is 6.50. The summed E-state index contributed by atoms with van der Waals surface area (Å²) in [4.78, 5) is 0. The van der Waals surface area contributed by atoms with E-state index in [0.29, 0.717) is 12.1 Å². The number of halogens is 2. The lowest BCUT2D eigenvalue weighted by molar-refractivity contribution is 0.500. The minimum Gasteiger partial charge on any atom is -0.330 e. The first-order valence-electron chi connectivity index (χ1n) is 4.22. The average molecular weight is 185 g/mol. The Morgan fingerprint density at radius 2 is 2.00 bits per heavy atom. The highest BCUT2D eigenvalue weighted by Gasteiger charge is 2.10. The van der Waals surface area contributed by atoms with Crippen LogP contribution in [-0.2, 0) is 0 Å². The van der Waals surface area contributed by atoms with Crippen molar-refractivity contribution >= 4 is 0 Å². The smallest absolute Gasteiger partial charge is 0.161 e. The minimum atomic E-state index is -0.796. The zero-order valence-corrected chi connectivity index (χ0v) is 7.77. The van der Waals surface area contributed by atoms with Gasteiger partial charge in [-0.2, -0.15) is 0 Å². The molecule has 0 radical (unpaired) electrons. The summed E-state index contributed by atoms with van der Waals surface area (Å²) in [5, 5.41) is 0. The molecular weight excluding hydrogens is 172 g/mol. The first kappa shape index (κ1) is 10.1. The van der Waals surface area contributed by atoms with Gasteiger partial charge in [0.25, 0.3) is 0 Å². The molecule has 0 aliphatic heterocycles. The molecule has 3 heteroatoms. The van der Waals surface area contributed by atoms with E-state index in [2.05, 4.69) is 0 Å². The van der Waals surface area contributed by atoms with Gasteiger partial charge in [-0.3, -0.25) is 0 Å². The second-order valence-corrected chi connectivity index (χ2v) is 3.27. The van der Waals surface area contributed by atoms with E-state index in [9.17, 15) is 8.78 Å². The Kier molecular flexibility index (Phi) is 2.98. The maximum atomic E-state index is 12.9. The Bertz CT molecular complexity index is 287. The molecule has 0 aliphatic rings. The molecule has 1 aromatic rings. The number of hydrogen-bond donors (Lipinski definition) is 1. The molecule has 0 aliphatic carbocycles. The van der Waals surface area contributed by atoms with Crippen molar-refractivity contribution in [3.05, 3.63) is 34.9 Å². The largest absolute Gasteiger partial charge is 0.330 e. The average Bonchev–Trinajstić information content (AvgIpc) is 2.12. The Balaban J connectivity index is 3.13. The van der Waals surface area contributed by atoms with Crippen LogP contribution < -0.4 is 5.73 Å². The number of aryl methyl sites for hydroxylation is 1. The molecule has 0 heterocycles. The monoisotopic (exact) mass is 185 g/mol. The second kappa shape index (κ2) is 3.83. The van der Waals surface area contributed by atoms with Crippen molar-refractivity contribution in [2.24, 2.45) is 5.73 Å². The molecule has 0 aromatic heterocycles. The molecule has 2 N–H and O–H groups in total. The van der Waals surface area contributed by atoms with Crippen molar-refractivity contribution in [3.63, 3.8) is 0 Å². The van der Waals surface area contributed by atoms with Crippen LogP contribution in [0.3, 0.4) is 0 Å². The molecule has 0 amide bonds. The van der Waals surface area contributed by atoms with Crippen molar-refractivity contribution in [1.29, 1.82) is 0 Å². The second-order valence-electron chi connectivity index (χ2n) is 3.27. The van der Waals surface area contributed by atoms with E-state index in [1.54, 1.807) is 13.0 Å². The summed E-state index contributed by atoms with van der Waals surface area (Å²) in [6.45, 7) is 3.86. The number of rotatable bonds is 2. The van der Waals surface area contributed by atoms with Gasteiger partial charge in [-0.1, -0.05) is 13.0 Å². The highest BCUT2D eigenvalue weighted by molar-refractivity contribution is 5.27. The van der Waals surface area contributed by atoms with E-state index in [-0.39, 0.29) is 5.92 Å². The predicted octanol–water partition coefficient (Wildman–Crippen LogP) is 2.34. The fourth-order valence-electron chi connectivity index (χ4n) is 1.17. The summed E-state index contributed by atoms with van der Waals surface area (Å²) in [6.07, 6.45) is 0. The van der Waals surface area contributed by atoms with Crippen molar-refractivity contribution in [2.45, 2.75) is 19.8 Å². The van der Waals surface area contributed by atoms with Crippen molar-refractivity contribution in [3.8, 4) is 0 Å². The van der Waals surface area contributed by atoms with E-state index in [1.165, 1.54) is 6.07 Å². The summed E-state index contributed by atoms with van der Waals surface area (Å²) < 4.78 is 25.8. The van der Waals surface area contributed by atoms with Gasteiger partial charge < -0.3 is 5.73 Å². The quantitative estimate of drug-likeness (QED) is 0.751. The summed E-state index contributed by atoms with van der Waals surface area (Å²) in [7, 11) is 0. The van der Waals surface area contributed by atoms with Crippen LogP contribution in [0.1, 0.15) is 24.0 Å². The molecule has 1 aromatic carbocycles. The molecule has 13 heavy (non-hydrogen) atoms. The molecule has 1 rings (SSSR count). The molecule has 1 nitrogen and oxygen atoms in total. The maximum absolute atomic E-state index is 12.9. The summed E-state index contributed by atoms with van der Waals surface area (Å²) >= 11 is 0. The van der Waals surface area contributed by atoms with Gasteiger partial charge in [0.1, 0.15) is 0 Å². The molecular formula is C10H13F2N. The lowest BCUT2D eigenvalue weighted by atomic mass is 9.99. The first-order chi connectivity index (χ1) is 6.06. The van der Waals surface area contributed by atoms with Crippen LogP contribution in [0, 0.1) is 18.6 Å². The number of hydrogen-bond acceptors (Lipinski definition) is 1. The van der Waals surface area contributed by atoms with Crippen molar-refractivity contribution in [1.82, 2.24) is 0 Å². The fraction of sp³-hybridized carbons (Fsp3) is 0.400. The molecule has 0 bridgehead atoms. The Hall–Kier alpha value is -0.960. The Labute approximate surface area is 76.6 Å². The van der Waals surface area contributed by atoms with Crippen molar-refractivity contribution < 1.29 is 8.78 Å². The summed E-state index contributed by atoms with van der Waals surface area (Å²) in [5.74, 6) is -1.50. The van der Waals surface area contributed by atoms with Crippen molar-refractivity contribution in [2.75, 3.05) is 6.54 Å². The van der Waals surface area contributed by atoms with E-state index in [0.717, 1.165) is 5.56 Å². The van der Waals surface area contributed by atoms with E-state index >= 15 is 0 Å². The summed E-state index contributed by atoms with van der Waals surface area (Å²) in [6, 6.07) is 2.84. The SMILES string of the molecule is Cc1cc(C(C)CN)cc(F)c1F. The third-order valence-corrected chi connectivity index (χ3v) is 2.16. The first-order valence-corrected chi connectivity index (χ1v) is 4.22. The zero-order chi connectivity index (χ0) is 10.0. The normalized spacial score (nSPS) is 13.0. The Morgan fingerprint density at radius 1 is 1.38 bits per heavy atom. The zero-order valence-electron chi connectivity index (χ0n) is 7.77. The third-order valence-electron chi connectivity index (χ3n) is 2.16. The van der Waals surface area contributed by atoms with Crippen LogP contribution in [0.4, 0.5) is 8.78 Å². The van der Waals surface area contributed by atoms with Crippen LogP contribution in [0.25, 0.3) is 0 Å². The van der Waals surface area contributed by atoms with Gasteiger partial charge in [-0.15, -0.1) is 0 Å². The molecule has 72 valence electrons. The van der Waals surface area contributed by atoms with Crippen LogP contribution in [-0.4, -0.2) is 6.54 Å². The van der Waals surface area contributed by atoms with E-state index < -0.39 is 11.6 Å². The van der Waals surface area contributed by atoms with Crippen LogP contribution in [0.5, 0.6) is 0 Å². The molecule has 1 atom stereocenters. The van der Waals surface area contributed by atoms with Gasteiger partial charge in [0.2, 0.25) is 0 Å². The highest BCUT2D eigenvalue weighted by Crippen LogP contribution is 2.20. The predicted molar refractivity (Wildman–Crippen MR) is 48.6 cm³/mol. The molecule has 1 unspecified atom stereocenters. The topological polar surface area (TPSA) is 26.0 Å². The standard InChI is InChI=1S/C10H13F2N/c1-6-3-8(7(2)5-13)4-9(11)10(6)12/h3-4,7H,5,13H2,1-2H3. The number of nitrogens with two attached hydrogens (primary N) is 1. The number of benzene rings is 1. The fourth-order valence-corrected chi connectivity index (χ4v) is 1.17. The molecule has 0 spiro atoms. The minimum absolute atomic E-state index is 0.0637. The van der Waals surface area contributed by atoms with Crippen LogP contribution in [0.2, 0.25) is 0 Å². The van der Waals surface area contributed by atoms with Gasteiger partial charge >= 0.3 is 0 Å². The molecule has 0 saturated heterocycles. The van der Waals surface area contributed by atoms with Gasteiger partial charge in [0.15, 0.2) is 11.6 Å². The Morgan fingerprint density at radius 3 is 2.46 bits per heavy atom. The molecule has 0 fully saturated rings. The van der Waals surface area contributed by atoms with E-state index in [4.69, 9.17) is 5.73 Å². The highest BCUT2D eigenvalue weighted by atomic mass is 19.2.